The first-order valence-corrected chi connectivity index (χ1v) is 7.52. The number of likely N-dealkylation sites (N-methyl/N-ethyl adjacent to an activating group) is 1. The van der Waals surface area contributed by atoms with Gasteiger partial charge in [-0.3, -0.25) is 0 Å². The Morgan fingerprint density at radius 2 is 2.25 bits per heavy atom. The van der Waals surface area contributed by atoms with Gasteiger partial charge in [0.25, 0.3) is 0 Å². The molecule has 0 aliphatic rings. The molecule has 0 aliphatic carbocycles. The third kappa shape index (κ3) is 2.49. The molecule has 1 aromatic carbocycles. The number of nitrogen functional groups attached to an aromatic ring is 1. The van der Waals surface area contributed by atoms with E-state index in [0.29, 0.717) is 6.04 Å². The van der Waals surface area contributed by atoms with Crippen molar-refractivity contribution in [2.45, 2.75) is 19.4 Å². The molecule has 0 saturated carbocycles. The van der Waals surface area contributed by atoms with Gasteiger partial charge in [-0.05, 0) is 36.6 Å². The Kier molecular flexibility index (Phi) is 3.36. The minimum absolute atomic E-state index is 0.381. The van der Waals surface area contributed by atoms with Gasteiger partial charge in [0.05, 0.1) is 11.0 Å². The average Bonchev–Trinajstić information content (AvgIpc) is 3.06. The maximum Gasteiger partial charge on any atom is 0.203 e. The molecule has 4 nitrogen and oxygen atoms in total. The van der Waals surface area contributed by atoms with Crippen LogP contribution in [0.1, 0.15) is 11.8 Å². The highest BCUT2D eigenvalue weighted by Gasteiger charge is 2.14. The van der Waals surface area contributed by atoms with Crippen molar-refractivity contribution in [3.63, 3.8) is 0 Å². The Hall–Kier alpha value is -2.01. The molecule has 0 bridgehead atoms. The summed E-state index contributed by atoms with van der Waals surface area (Å²) < 4.78 is 0. The molecule has 20 heavy (non-hydrogen) atoms. The van der Waals surface area contributed by atoms with Crippen molar-refractivity contribution in [1.82, 2.24) is 9.97 Å². The number of nitrogens with one attached hydrogen (secondary N) is 1. The number of nitrogens with two attached hydrogens (primary N) is 1. The first kappa shape index (κ1) is 13.0. The molecular weight excluding hydrogens is 268 g/mol. The van der Waals surface area contributed by atoms with Gasteiger partial charge in [0.15, 0.2) is 0 Å². The summed E-state index contributed by atoms with van der Waals surface area (Å²) in [7, 11) is 2.07. The normalized spacial score (nSPS) is 12.7. The number of anilines is 2. The fourth-order valence-electron chi connectivity index (χ4n) is 2.25. The van der Waals surface area contributed by atoms with Gasteiger partial charge in [-0.1, -0.05) is 6.07 Å². The number of aromatic nitrogens is 2. The number of H-pyrrole nitrogens is 1. The highest BCUT2D eigenvalue weighted by atomic mass is 32.1. The molecule has 2 heterocycles. The Labute approximate surface area is 122 Å². The van der Waals surface area contributed by atoms with E-state index in [1.54, 1.807) is 11.3 Å². The van der Waals surface area contributed by atoms with Crippen LogP contribution in [-0.4, -0.2) is 23.1 Å². The molecule has 1 atom stereocenters. The van der Waals surface area contributed by atoms with E-state index in [0.717, 1.165) is 29.1 Å². The van der Waals surface area contributed by atoms with Gasteiger partial charge in [-0.15, -0.1) is 11.3 Å². The number of hydrogen-bond acceptors (Lipinski definition) is 4. The molecule has 0 saturated heterocycles. The lowest BCUT2D eigenvalue weighted by molar-refractivity contribution is 0.675. The van der Waals surface area contributed by atoms with Crippen LogP contribution in [0.25, 0.3) is 11.0 Å². The van der Waals surface area contributed by atoms with Gasteiger partial charge in [-0.2, -0.15) is 0 Å². The summed E-state index contributed by atoms with van der Waals surface area (Å²) >= 11 is 1.80. The minimum atomic E-state index is 0.381. The van der Waals surface area contributed by atoms with E-state index in [9.17, 15) is 0 Å². The number of aromatic amines is 1. The van der Waals surface area contributed by atoms with Gasteiger partial charge in [-0.25, -0.2) is 4.98 Å². The van der Waals surface area contributed by atoms with Crippen LogP contribution in [0.5, 0.6) is 0 Å². The number of thiophene rings is 1. The van der Waals surface area contributed by atoms with Crippen LogP contribution in [0.3, 0.4) is 0 Å². The predicted octanol–water partition coefficient (Wildman–Crippen LogP) is 3.27. The van der Waals surface area contributed by atoms with Gasteiger partial charge in [0, 0.05) is 30.1 Å². The highest BCUT2D eigenvalue weighted by molar-refractivity contribution is 7.09. The SMILES string of the molecule is CC(Cc1cccs1)N(C)c1nc2ccc(N)cc2[nH]1. The van der Waals surface area contributed by atoms with Crippen molar-refractivity contribution in [2.75, 3.05) is 17.7 Å². The van der Waals surface area contributed by atoms with Crippen LogP contribution in [0, 0.1) is 0 Å². The summed E-state index contributed by atoms with van der Waals surface area (Å²) in [4.78, 5) is 11.5. The molecule has 2 aromatic heterocycles. The van der Waals surface area contributed by atoms with Crippen molar-refractivity contribution in [3.05, 3.63) is 40.6 Å². The van der Waals surface area contributed by atoms with E-state index in [-0.39, 0.29) is 0 Å². The van der Waals surface area contributed by atoms with Crippen LogP contribution in [0.4, 0.5) is 11.6 Å². The molecule has 0 amide bonds. The molecule has 3 N–H and O–H groups in total. The molecule has 104 valence electrons. The van der Waals surface area contributed by atoms with Crippen molar-refractivity contribution in [3.8, 4) is 0 Å². The molecule has 3 rings (SSSR count). The van der Waals surface area contributed by atoms with Crippen LogP contribution in [0.2, 0.25) is 0 Å². The lowest BCUT2D eigenvalue weighted by Gasteiger charge is -2.23. The smallest absolute Gasteiger partial charge is 0.203 e. The van der Waals surface area contributed by atoms with Gasteiger partial charge < -0.3 is 15.6 Å². The molecule has 0 radical (unpaired) electrons. The second-order valence-corrected chi connectivity index (χ2v) is 6.11. The lowest BCUT2D eigenvalue weighted by atomic mass is 10.2. The predicted molar refractivity (Wildman–Crippen MR) is 86.4 cm³/mol. The number of benzene rings is 1. The molecular formula is C15H18N4S. The molecule has 5 heteroatoms. The first-order chi connectivity index (χ1) is 9.63. The Bertz CT molecular complexity index is 702. The van der Waals surface area contributed by atoms with E-state index in [1.165, 1.54) is 4.88 Å². The molecule has 0 aliphatic heterocycles. The second kappa shape index (κ2) is 5.17. The minimum Gasteiger partial charge on any atom is -0.399 e. The van der Waals surface area contributed by atoms with Crippen LogP contribution in [0.15, 0.2) is 35.7 Å². The summed E-state index contributed by atoms with van der Waals surface area (Å²) in [6.45, 7) is 2.21. The van der Waals surface area contributed by atoms with Gasteiger partial charge >= 0.3 is 0 Å². The van der Waals surface area contributed by atoms with Crippen molar-refractivity contribution >= 4 is 34.0 Å². The molecule has 0 fully saturated rings. The number of hydrogen-bond donors (Lipinski definition) is 2. The second-order valence-electron chi connectivity index (χ2n) is 5.08. The summed E-state index contributed by atoms with van der Waals surface area (Å²) in [5, 5.41) is 2.12. The standard InChI is InChI=1S/C15H18N4S/c1-10(8-12-4-3-7-20-12)19(2)15-17-13-6-5-11(16)9-14(13)18-15/h3-7,9-10H,8,16H2,1-2H3,(H,17,18). The maximum absolute atomic E-state index is 5.80. The summed E-state index contributed by atoms with van der Waals surface area (Å²) in [6.07, 6.45) is 1.02. The molecule has 3 aromatic rings. The maximum atomic E-state index is 5.80. The van der Waals surface area contributed by atoms with E-state index >= 15 is 0 Å². The van der Waals surface area contributed by atoms with E-state index in [4.69, 9.17) is 5.73 Å². The largest absolute Gasteiger partial charge is 0.399 e. The average molecular weight is 286 g/mol. The van der Waals surface area contributed by atoms with E-state index in [2.05, 4.69) is 46.4 Å². The van der Waals surface area contributed by atoms with E-state index < -0.39 is 0 Å². The van der Waals surface area contributed by atoms with Crippen LogP contribution < -0.4 is 10.6 Å². The Balaban J connectivity index is 1.82. The Morgan fingerprint density at radius 1 is 1.40 bits per heavy atom. The van der Waals surface area contributed by atoms with Gasteiger partial charge in [0.2, 0.25) is 5.95 Å². The number of imidazole rings is 1. The molecule has 1 unspecified atom stereocenters. The summed E-state index contributed by atoms with van der Waals surface area (Å²) in [5.41, 5.74) is 8.48. The highest BCUT2D eigenvalue weighted by Crippen LogP contribution is 2.21. The third-order valence-corrected chi connectivity index (χ3v) is 4.46. The number of nitrogens with zero attached hydrogens (tertiary/aromatic N) is 2. The topological polar surface area (TPSA) is 57.9 Å². The van der Waals surface area contributed by atoms with Crippen LogP contribution >= 0.6 is 11.3 Å². The summed E-state index contributed by atoms with van der Waals surface area (Å²) in [5.74, 6) is 0.884. The van der Waals surface area contributed by atoms with E-state index in [1.807, 2.05) is 18.2 Å². The third-order valence-electron chi connectivity index (χ3n) is 3.57. The van der Waals surface area contributed by atoms with Crippen molar-refractivity contribution in [2.24, 2.45) is 0 Å². The van der Waals surface area contributed by atoms with Crippen LogP contribution in [-0.2, 0) is 6.42 Å². The zero-order valence-corrected chi connectivity index (χ0v) is 12.4. The number of fused-ring (bicyclic) bond motifs is 1. The lowest BCUT2D eigenvalue weighted by Crippen LogP contribution is -2.31. The fraction of sp³-hybridized carbons (Fsp3) is 0.267. The monoisotopic (exact) mass is 286 g/mol. The first-order valence-electron chi connectivity index (χ1n) is 6.64. The van der Waals surface area contributed by atoms with Crippen molar-refractivity contribution in [1.29, 1.82) is 0 Å². The zero-order valence-electron chi connectivity index (χ0n) is 11.6. The fourth-order valence-corrected chi connectivity index (χ4v) is 3.07. The Morgan fingerprint density at radius 3 is 3.00 bits per heavy atom. The number of rotatable bonds is 4. The van der Waals surface area contributed by atoms with Gasteiger partial charge in [0.1, 0.15) is 0 Å². The zero-order chi connectivity index (χ0) is 14.1. The summed E-state index contributed by atoms with van der Waals surface area (Å²) in [6, 6.07) is 10.4. The quantitative estimate of drug-likeness (QED) is 0.724. The molecule has 0 spiro atoms. The van der Waals surface area contributed by atoms with Crippen molar-refractivity contribution < 1.29 is 0 Å².